The zero-order valence-corrected chi connectivity index (χ0v) is 17.0. The molecule has 0 aromatic carbocycles. The molecule has 0 heterocycles. The van der Waals surface area contributed by atoms with Gasteiger partial charge in [-0.2, -0.15) is 0 Å². The standard InChI is InChI=1S/C19H36N2O4/c1-8-9-10-11-12-13-20-15(14-16(22)24-18(2,3)4)21-17(23)25-19(5,6)7/h14,20H,8-13H2,1-7H3,(H,21,23)/b15-14-. The van der Waals surface area contributed by atoms with Gasteiger partial charge in [-0.3, -0.25) is 5.32 Å². The minimum atomic E-state index is -0.610. The van der Waals surface area contributed by atoms with Gasteiger partial charge in [-0.15, -0.1) is 0 Å². The highest BCUT2D eigenvalue weighted by Crippen LogP contribution is 2.09. The molecule has 0 bridgehead atoms. The molecule has 1 amide bonds. The maximum Gasteiger partial charge on any atom is 0.413 e. The van der Waals surface area contributed by atoms with Crippen molar-refractivity contribution in [3.8, 4) is 0 Å². The Morgan fingerprint density at radius 3 is 1.96 bits per heavy atom. The van der Waals surface area contributed by atoms with E-state index in [1.165, 1.54) is 25.3 Å². The number of amides is 1. The first-order valence-corrected chi connectivity index (χ1v) is 9.11. The smallest absolute Gasteiger partial charge is 0.413 e. The molecular weight excluding hydrogens is 320 g/mol. The Kier molecular flexibility index (Phi) is 10.2. The van der Waals surface area contributed by atoms with Crippen molar-refractivity contribution >= 4 is 12.1 Å². The first-order chi connectivity index (χ1) is 11.4. The second-order valence-corrected chi connectivity index (χ2v) is 8.06. The van der Waals surface area contributed by atoms with Crippen LogP contribution in [-0.4, -0.2) is 29.8 Å². The number of rotatable bonds is 9. The SMILES string of the molecule is CCCCCCCN/C(=C/C(=O)OC(C)(C)C)NC(=O)OC(C)(C)C. The number of carbonyl (C=O) groups is 2. The maximum absolute atomic E-state index is 12.0. The summed E-state index contributed by atoms with van der Waals surface area (Å²) < 4.78 is 10.5. The van der Waals surface area contributed by atoms with Crippen LogP contribution in [0.5, 0.6) is 0 Å². The highest BCUT2D eigenvalue weighted by Gasteiger charge is 2.19. The molecule has 0 atom stereocenters. The molecule has 0 unspecified atom stereocenters. The number of ether oxygens (including phenoxy) is 2. The third kappa shape index (κ3) is 15.5. The van der Waals surface area contributed by atoms with E-state index in [2.05, 4.69) is 17.6 Å². The van der Waals surface area contributed by atoms with Crippen molar-refractivity contribution in [1.82, 2.24) is 10.6 Å². The van der Waals surface area contributed by atoms with Gasteiger partial charge < -0.3 is 14.8 Å². The van der Waals surface area contributed by atoms with Gasteiger partial charge in [-0.25, -0.2) is 9.59 Å². The van der Waals surface area contributed by atoms with E-state index in [4.69, 9.17) is 9.47 Å². The largest absolute Gasteiger partial charge is 0.457 e. The van der Waals surface area contributed by atoms with Crippen molar-refractivity contribution in [2.75, 3.05) is 6.54 Å². The number of alkyl carbamates (subject to hydrolysis) is 1. The van der Waals surface area contributed by atoms with Crippen LogP contribution in [0.1, 0.15) is 80.6 Å². The summed E-state index contributed by atoms with van der Waals surface area (Å²) in [5.74, 6) is -0.226. The molecule has 25 heavy (non-hydrogen) atoms. The summed E-state index contributed by atoms with van der Waals surface area (Å²) in [6, 6.07) is 0. The van der Waals surface area contributed by atoms with Crippen molar-refractivity contribution < 1.29 is 19.1 Å². The topological polar surface area (TPSA) is 76.7 Å². The molecule has 0 radical (unpaired) electrons. The van der Waals surface area contributed by atoms with Crippen molar-refractivity contribution in [1.29, 1.82) is 0 Å². The Balaban J connectivity index is 4.70. The van der Waals surface area contributed by atoms with E-state index in [0.29, 0.717) is 12.4 Å². The Morgan fingerprint density at radius 1 is 0.880 bits per heavy atom. The lowest BCUT2D eigenvalue weighted by Crippen LogP contribution is -2.37. The Hall–Kier alpha value is -1.72. The van der Waals surface area contributed by atoms with Gasteiger partial charge in [0.15, 0.2) is 0 Å². The molecule has 0 aliphatic carbocycles. The summed E-state index contributed by atoms with van der Waals surface area (Å²) in [5, 5.41) is 5.66. The molecule has 0 aromatic heterocycles. The number of hydrogen-bond donors (Lipinski definition) is 2. The molecule has 2 N–H and O–H groups in total. The molecular formula is C19H36N2O4. The zero-order valence-electron chi connectivity index (χ0n) is 17.0. The lowest BCUT2D eigenvalue weighted by Gasteiger charge is -2.21. The Bertz CT molecular complexity index is 445. The lowest BCUT2D eigenvalue weighted by atomic mass is 10.1. The van der Waals surface area contributed by atoms with Crippen LogP contribution in [0.15, 0.2) is 11.9 Å². The minimum Gasteiger partial charge on any atom is -0.457 e. The van der Waals surface area contributed by atoms with Crippen molar-refractivity contribution in [3.05, 3.63) is 11.9 Å². The van der Waals surface area contributed by atoms with Crippen LogP contribution >= 0.6 is 0 Å². The minimum absolute atomic E-state index is 0.291. The van der Waals surface area contributed by atoms with Gasteiger partial charge in [0.25, 0.3) is 0 Å². The Labute approximate surface area is 152 Å². The summed E-state index contributed by atoms with van der Waals surface area (Å²) in [6.45, 7) is 13.6. The number of nitrogens with one attached hydrogen (secondary N) is 2. The second kappa shape index (κ2) is 11.0. The molecule has 6 heteroatoms. The van der Waals surface area contributed by atoms with Crippen molar-refractivity contribution in [3.63, 3.8) is 0 Å². The zero-order chi connectivity index (χ0) is 19.5. The number of carbonyl (C=O) groups excluding carboxylic acids is 2. The quantitative estimate of drug-likeness (QED) is 0.367. The van der Waals surface area contributed by atoms with Gasteiger partial charge in [0, 0.05) is 6.54 Å². The number of esters is 1. The fraction of sp³-hybridized carbons (Fsp3) is 0.789. The van der Waals surface area contributed by atoms with Crippen LogP contribution < -0.4 is 10.6 Å². The first-order valence-electron chi connectivity index (χ1n) is 9.11. The van der Waals surface area contributed by atoms with E-state index < -0.39 is 23.3 Å². The summed E-state index contributed by atoms with van der Waals surface area (Å²) >= 11 is 0. The van der Waals surface area contributed by atoms with E-state index >= 15 is 0 Å². The van der Waals surface area contributed by atoms with Gasteiger partial charge in [0.1, 0.15) is 17.0 Å². The second-order valence-electron chi connectivity index (χ2n) is 8.06. The number of hydrogen-bond acceptors (Lipinski definition) is 5. The van der Waals surface area contributed by atoms with Gasteiger partial charge in [0.05, 0.1) is 6.08 Å². The van der Waals surface area contributed by atoms with E-state index in [1.807, 2.05) is 0 Å². The van der Waals surface area contributed by atoms with Gasteiger partial charge in [0.2, 0.25) is 0 Å². The lowest BCUT2D eigenvalue weighted by molar-refractivity contribution is -0.148. The summed E-state index contributed by atoms with van der Waals surface area (Å²) in [6.07, 6.45) is 6.30. The Morgan fingerprint density at radius 2 is 1.44 bits per heavy atom. The average molecular weight is 357 g/mol. The van der Waals surface area contributed by atoms with E-state index in [1.54, 1.807) is 41.5 Å². The summed E-state index contributed by atoms with van der Waals surface area (Å²) in [5.41, 5.74) is -1.20. The molecule has 0 spiro atoms. The van der Waals surface area contributed by atoms with Crippen LogP contribution in [-0.2, 0) is 14.3 Å². The van der Waals surface area contributed by atoms with E-state index in [-0.39, 0.29) is 0 Å². The average Bonchev–Trinajstić information content (AvgIpc) is 2.37. The molecule has 0 aromatic rings. The van der Waals surface area contributed by atoms with Crippen LogP contribution in [0.25, 0.3) is 0 Å². The van der Waals surface area contributed by atoms with Crippen LogP contribution in [0.3, 0.4) is 0 Å². The highest BCUT2D eigenvalue weighted by atomic mass is 16.6. The predicted molar refractivity (Wildman–Crippen MR) is 100 cm³/mol. The molecule has 0 fully saturated rings. The van der Waals surface area contributed by atoms with E-state index in [0.717, 1.165) is 12.8 Å². The monoisotopic (exact) mass is 356 g/mol. The van der Waals surface area contributed by atoms with Crippen molar-refractivity contribution in [2.24, 2.45) is 0 Å². The number of unbranched alkanes of at least 4 members (excludes halogenated alkanes) is 4. The molecule has 0 saturated carbocycles. The summed E-state index contributed by atoms with van der Waals surface area (Å²) in [7, 11) is 0. The molecule has 146 valence electrons. The molecule has 0 rings (SSSR count). The van der Waals surface area contributed by atoms with Gasteiger partial charge in [-0.05, 0) is 48.0 Å². The predicted octanol–water partition coefficient (Wildman–Crippen LogP) is 4.25. The van der Waals surface area contributed by atoms with Crippen LogP contribution in [0.4, 0.5) is 4.79 Å². The first kappa shape index (κ1) is 23.3. The fourth-order valence-electron chi connectivity index (χ4n) is 1.95. The molecule has 0 aliphatic rings. The molecule has 0 saturated heterocycles. The van der Waals surface area contributed by atoms with E-state index in [9.17, 15) is 9.59 Å². The highest BCUT2D eigenvalue weighted by molar-refractivity contribution is 5.84. The van der Waals surface area contributed by atoms with Gasteiger partial charge in [-0.1, -0.05) is 32.6 Å². The third-order valence-corrected chi connectivity index (χ3v) is 2.90. The molecule has 6 nitrogen and oxygen atoms in total. The van der Waals surface area contributed by atoms with Crippen molar-refractivity contribution in [2.45, 2.75) is 91.8 Å². The maximum atomic E-state index is 12.0. The van der Waals surface area contributed by atoms with Crippen LogP contribution in [0.2, 0.25) is 0 Å². The van der Waals surface area contributed by atoms with Crippen LogP contribution in [0, 0.1) is 0 Å². The van der Waals surface area contributed by atoms with Gasteiger partial charge >= 0.3 is 12.1 Å². The summed E-state index contributed by atoms with van der Waals surface area (Å²) in [4.78, 5) is 23.9. The fourth-order valence-corrected chi connectivity index (χ4v) is 1.95. The molecule has 0 aliphatic heterocycles. The third-order valence-electron chi connectivity index (χ3n) is 2.90. The normalized spacial score (nSPS) is 12.5.